The van der Waals surface area contributed by atoms with Crippen LogP contribution in [0.15, 0.2) is 54.6 Å². The van der Waals surface area contributed by atoms with E-state index in [4.69, 9.17) is 19.2 Å². The zero-order valence-corrected chi connectivity index (χ0v) is 24.1. The fraction of sp³-hybridized carbons (Fsp3) is 0.375. The Labute approximate surface area is 248 Å². The molecule has 10 nitrogen and oxygen atoms in total. The first kappa shape index (κ1) is 28.8. The number of nitrogens with zero attached hydrogens (tertiary/aromatic N) is 3. The maximum atomic E-state index is 15.1. The van der Waals surface area contributed by atoms with E-state index in [-0.39, 0.29) is 17.5 Å². The third-order valence-corrected chi connectivity index (χ3v) is 8.26. The highest BCUT2D eigenvalue weighted by Crippen LogP contribution is 2.52. The summed E-state index contributed by atoms with van der Waals surface area (Å²) in [5.74, 6) is -1.62. The highest BCUT2D eigenvalue weighted by molar-refractivity contribution is 5.98. The molecule has 0 bridgehead atoms. The predicted molar refractivity (Wildman–Crippen MR) is 154 cm³/mol. The molecule has 4 amide bonds. The van der Waals surface area contributed by atoms with Crippen molar-refractivity contribution in [3.63, 3.8) is 0 Å². The SMILES string of the molecule is CC(C)(C(=O)NC(=O)N1CCOCC1)C1c2ccc(-c3ccc(C(=O)N4CCOCC4)cc3)nc2Oc2c(F)cccc21. The van der Waals surface area contributed by atoms with E-state index in [0.29, 0.717) is 75.0 Å². The van der Waals surface area contributed by atoms with Gasteiger partial charge >= 0.3 is 6.03 Å². The van der Waals surface area contributed by atoms with Gasteiger partial charge in [-0.15, -0.1) is 0 Å². The summed E-state index contributed by atoms with van der Waals surface area (Å²) in [6.07, 6.45) is 0. The fourth-order valence-corrected chi connectivity index (χ4v) is 5.78. The van der Waals surface area contributed by atoms with Crippen LogP contribution in [-0.2, 0) is 14.3 Å². The van der Waals surface area contributed by atoms with Crippen LogP contribution in [-0.4, -0.2) is 85.2 Å². The van der Waals surface area contributed by atoms with Crippen molar-refractivity contribution in [1.29, 1.82) is 0 Å². The van der Waals surface area contributed by atoms with Crippen molar-refractivity contribution in [1.82, 2.24) is 20.1 Å². The van der Waals surface area contributed by atoms with E-state index in [1.54, 1.807) is 43.0 Å². The molecular formula is C32H33FN4O6. The molecular weight excluding hydrogens is 555 g/mol. The molecule has 2 aromatic carbocycles. The van der Waals surface area contributed by atoms with E-state index in [2.05, 4.69) is 5.32 Å². The monoisotopic (exact) mass is 588 g/mol. The Balaban J connectivity index is 1.30. The van der Waals surface area contributed by atoms with Crippen LogP contribution in [0, 0.1) is 11.2 Å². The second kappa shape index (κ2) is 11.7. The molecule has 0 radical (unpaired) electrons. The zero-order chi connectivity index (χ0) is 30.1. The quantitative estimate of drug-likeness (QED) is 0.487. The number of carbonyl (C=O) groups excluding carboxylic acids is 3. The van der Waals surface area contributed by atoms with Crippen molar-refractivity contribution in [3.05, 3.63) is 77.1 Å². The van der Waals surface area contributed by atoms with Gasteiger partial charge in [-0.25, -0.2) is 14.2 Å². The Morgan fingerprint density at radius 3 is 2.19 bits per heavy atom. The highest BCUT2D eigenvalue weighted by atomic mass is 19.1. The minimum atomic E-state index is -1.19. The summed E-state index contributed by atoms with van der Waals surface area (Å²) in [4.78, 5) is 47.4. The summed E-state index contributed by atoms with van der Waals surface area (Å²) >= 11 is 0. The average Bonchev–Trinajstić information content (AvgIpc) is 3.04. The molecule has 3 aliphatic rings. The lowest BCUT2D eigenvalue weighted by atomic mass is 9.69. The van der Waals surface area contributed by atoms with Gasteiger partial charge in [0, 0.05) is 54.4 Å². The number of hydrogen-bond acceptors (Lipinski definition) is 7. The Hall–Kier alpha value is -4.35. The normalized spacial score (nSPS) is 18.3. The number of pyridine rings is 1. The molecule has 2 fully saturated rings. The van der Waals surface area contributed by atoms with Crippen molar-refractivity contribution in [2.24, 2.45) is 5.41 Å². The molecule has 1 atom stereocenters. The number of ether oxygens (including phenoxy) is 3. The van der Waals surface area contributed by atoms with Crippen LogP contribution in [0.2, 0.25) is 0 Å². The van der Waals surface area contributed by atoms with Crippen molar-refractivity contribution >= 4 is 17.8 Å². The number of urea groups is 1. The van der Waals surface area contributed by atoms with Crippen LogP contribution >= 0.6 is 0 Å². The molecule has 1 aromatic heterocycles. The lowest BCUT2D eigenvalue weighted by Gasteiger charge is -2.38. The van der Waals surface area contributed by atoms with Crippen molar-refractivity contribution < 1.29 is 33.0 Å². The summed E-state index contributed by atoms with van der Waals surface area (Å²) in [5, 5.41) is 2.54. The number of nitrogens with one attached hydrogen (secondary N) is 1. The van der Waals surface area contributed by atoms with Gasteiger partial charge < -0.3 is 24.0 Å². The maximum absolute atomic E-state index is 15.1. The Morgan fingerprint density at radius 1 is 0.860 bits per heavy atom. The highest BCUT2D eigenvalue weighted by Gasteiger charge is 2.45. The van der Waals surface area contributed by atoms with E-state index < -0.39 is 29.1 Å². The van der Waals surface area contributed by atoms with Gasteiger partial charge in [-0.3, -0.25) is 14.9 Å². The Bertz CT molecular complexity index is 1550. The van der Waals surface area contributed by atoms with Crippen LogP contribution in [0.5, 0.6) is 11.6 Å². The Morgan fingerprint density at radius 2 is 1.51 bits per heavy atom. The molecule has 3 aromatic rings. The second-order valence-corrected chi connectivity index (χ2v) is 11.3. The topological polar surface area (TPSA) is 110 Å². The maximum Gasteiger partial charge on any atom is 0.324 e. The van der Waals surface area contributed by atoms with Gasteiger partial charge in [0.1, 0.15) is 0 Å². The minimum absolute atomic E-state index is 0.00325. The molecule has 4 heterocycles. The lowest BCUT2D eigenvalue weighted by molar-refractivity contribution is -0.129. The number of morpholine rings is 2. The van der Waals surface area contributed by atoms with Crippen molar-refractivity contribution in [2.45, 2.75) is 19.8 Å². The number of carbonyl (C=O) groups is 3. The number of benzene rings is 2. The van der Waals surface area contributed by atoms with Crippen LogP contribution in [0.3, 0.4) is 0 Å². The largest absolute Gasteiger partial charge is 0.435 e. The second-order valence-electron chi connectivity index (χ2n) is 11.3. The molecule has 43 heavy (non-hydrogen) atoms. The van der Waals surface area contributed by atoms with Crippen LogP contribution < -0.4 is 10.1 Å². The number of aromatic nitrogens is 1. The smallest absolute Gasteiger partial charge is 0.324 e. The molecule has 1 N–H and O–H groups in total. The first-order valence-electron chi connectivity index (χ1n) is 14.4. The minimum Gasteiger partial charge on any atom is -0.435 e. The number of fused-ring (bicyclic) bond motifs is 2. The number of rotatable bonds is 4. The zero-order valence-electron chi connectivity index (χ0n) is 24.1. The summed E-state index contributed by atoms with van der Waals surface area (Å²) in [6.45, 7) is 7.21. The molecule has 224 valence electrons. The number of halogens is 1. The Kier molecular flexibility index (Phi) is 7.85. The molecule has 0 saturated carbocycles. The van der Waals surface area contributed by atoms with E-state index in [1.165, 1.54) is 11.0 Å². The van der Waals surface area contributed by atoms with Crippen LogP contribution in [0.1, 0.15) is 41.3 Å². The third-order valence-electron chi connectivity index (χ3n) is 8.26. The van der Waals surface area contributed by atoms with Gasteiger partial charge in [0.25, 0.3) is 5.91 Å². The van der Waals surface area contributed by atoms with E-state index >= 15 is 4.39 Å². The number of para-hydroxylation sites is 1. The number of hydrogen-bond donors (Lipinski definition) is 1. The fourth-order valence-electron chi connectivity index (χ4n) is 5.78. The van der Waals surface area contributed by atoms with Crippen molar-refractivity contribution in [2.75, 3.05) is 52.6 Å². The molecule has 11 heteroatoms. The molecule has 3 aliphatic heterocycles. The lowest BCUT2D eigenvalue weighted by Crippen LogP contribution is -2.52. The van der Waals surface area contributed by atoms with Gasteiger partial charge in [0.2, 0.25) is 11.8 Å². The van der Waals surface area contributed by atoms with Gasteiger partial charge in [0.15, 0.2) is 11.6 Å². The molecule has 0 spiro atoms. The molecule has 2 saturated heterocycles. The summed E-state index contributed by atoms with van der Waals surface area (Å²) < 4.78 is 31.8. The molecule has 0 aliphatic carbocycles. The van der Waals surface area contributed by atoms with E-state index in [1.807, 2.05) is 24.3 Å². The summed E-state index contributed by atoms with van der Waals surface area (Å²) in [5.41, 5.74) is 1.77. The van der Waals surface area contributed by atoms with Crippen molar-refractivity contribution in [3.8, 4) is 22.9 Å². The first-order valence-corrected chi connectivity index (χ1v) is 14.4. The van der Waals surface area contributed by atoms with E-state index in [0.717, 1.165) is 5.56 Å². The van der Waals surface area contributed by atoms with Gasteiger partial charge in [-0.05, 0) is 24.3 Å². The van der Waals surface area contributed by atoms with Gasteiger partial charge in [0.05, 0.1) is 37.5 Å². The average molecular weight is 589 g/mol. The van der Waals surface area contributed by atoms with Gasteiger partial charge in [-0.2, -0.15) is 0 Å². The first-order chi connectivity index (χ1) is 20.7. The third kappa shape index (κ3) is 5.57. The van der Waals surface area contributed by atoms with E-state index in [9.17, 15) is 14.4 Å². The van der Waals surface area contributed by atoms with Crippen LogP contribution in [0.4, 0.5) is 9.18 Å². The molecule has 1 unspecified atom stereocenters. The summed E-state index contributed by atoms with van der Waals surface area (Å²) in [6, 6.07) is 14.9. The number of amides is 4. The van der Waals surface area contributed by atoms with Crippen LogP contribution in [0.25, 0.3) is 11.3 Å². The van der Waals surface area contributed by atoms with Gasteiger partial charge in [-0.1, -0.05) is 44.2 Å². The predicted octanol–water partition coefficient (Wildman–Crippen LogP) is 4.19. The standard InChI is InChI=1S/C32H33FN4O6/c1-32(2,30(39)35-31(40)37-14-18-42-19-15-37)26-22-4-3-5-24(33)27(22)43-28-23(26)10-11-25(34-28)20-6-8-21(9-7-20)29(38)36-12-16-41-17-13-36/h3-11,26H,12-19H2,1-2H3,(H,35,39,40). The number of imide groups is 1. The molecule has 6 rings (SSSR count). The summed E-state index contributed by atoms with van der Waals surface area (Å²) in [7, 11) is 0.